The van der Waals surface area contributed by atoms with Gasteiger partial charge in [0.15, 0.2) is 5.65 Å². The van der Waals surface area contributed by atoms with E-state index in [1.807, 2.05) is 67.0 Å². The molecule has 3 N–H and O–H groups in total. The lowest BCUT2D eigenvalue weighted by Gasteiger charge is -2.18. The van der Waals surface area contributed by atoms with Gasteiger partial charge in [-0.2, -0.15) is 0 Å². The van der Waals surface area contributed by atoms with E-state index in [-0.39, 0.29) is 18.1 Å². The Balaban J connectivity index is 1.42. The first-order chi connectivity index (χ1) is 16.3. The highest BCUT2D eigenvalue weighted by molar-refractivity contribution is 9.10. The van der Waals surface area contributed by atoms with Crippen LogP contribution in [0.15, 0.2) is 71.5 Å². The lowest BCUT2D eigenvalue weighted by atomic mass is 10.0. The maximum atomic E-state index is 12.8. The summed E-state index contributed by atoms with van der Waals surface area (Å²) in [6.07, 6.45) is 4.58. The zero-order valence-electron chi connectivity index (χ0n) is 19.0. The maximum absolute atomic E-state index is 12.8. The van der Waals surface area contributed by atoms with E-state index in [4.69, 9.17) is 27.1 Å². The number of imidazole rings is 1. The van der Waals surface area contributed by atoms with Crippen molar-refractivity contribution >= 4 is 39.1 Å². The van der Waals surface area contributed by atoms with Crippen LogP contribution in [-0.4, -0.2) is 34.0 Å². The van der Waals surface area contributed by atoms with Crippen LogP contribution in [-0.2, 0) is 6.42 Å². The number of fused-ring (bicyclic) bond motifs is 1. The summed E-state index contributed by atoms with van der Waals surface area (Å²) in [5, 5.41) is 3.41. The number of nitrogens with two attached hydrogens (primary N) is 1. The van der Waals surface area contributed by atoms with Crippen molar-refractivity contribution in [3.8, 4) is 17.0 Å². The number of carbonyl (C=O) groups excluding carboxylic acids is 1. The lowest BCUT2D eigenvalue weighted by Crippen LogP contribution is -2.41. The first-order valence-corrected chi connectivity index (χ1v) is 12.2. The minimum atomic E-state index is -0.222. The number of pyridine rings is 1. The van der Waals surface area contributed by atoms with Crippen LogP contribution < -0.4 is 15.8 Å². The molecule has 0 saturated heterocycles. The van der Waals surface area contributed by atoms with Gasteiger partial charge in [-0.15, -0.1) is 0 Å². The smallest absolute Gasteiger partial charge is 0.251 e. The van der Waals surface area contributed by atoms with Gasteiger partial charge in [0.2, 0.25) is 0 Å². The summed E-state index contributed by atoms with van der Waals surface area (Å²) in [4.78, 5) is 17.5. The Morgan fingerprint density at radius 1 is 1.21 bits per heavy atom. The van der Waals surface area contributed by atoms with Crippen LogP contribution in [0.3, 0.4) is 0 Å². The van der Waals surface area contributed by atoms with Gasteiger partial charge in [0.25, 0.3) is 5.91 Å². The summed E-state index contributed by atoms with van der Waals surface area (Å²) >= 11 is 9.82. The zero-order chi connectivity index (χ0) is 24.2. The van der Waals surface area contributed by atoms with Crippen molar-refractivity contribution in [2.75, 3.05) is 6.54 Å². The van der Waals surface area contributed by atoms with Crippen LogP contribution in [0.2, 0.25) is 5.02 Å². The molecule has 2 aromatic heterocycles. The molecule has 1 unspecified atom stereocenters. The first kappa shape index (κ1) is 24.3. The second kappa shape index (κ2) is 10.6. The molecule has 6 nitrogen and oxygen atoms in total. The van der Waals surface area contributed by atoms with Gasteiger partial charge in [-0.1, -0.05) is 35.9 Å². The normalized spacial score (nSPS) is 12.2. The van der Waals surface area contributed by atoms with Gasteiger partial charge in [0.1, 0.15) is 5.75 Å². The van der Waals surface area contributed by atoms with E-state index in [2.05, 4.69) is 21.2 Å². The van der Waals surface area contributed by atoms with Gasteiger partial charge >= 0.3 is 0 Å². The first-order valence-electron chi connectivity index (χ1n) is 11.0. The highest BCUT2D eigenvalue weighted by Gasteiger charge is 2.16. The molecule has 2 aromatic carbocycles. The molecule has 0 aliphatic rings. The van der Waals surface area contributed by atoms with Crippen LogP contribution in [0.4, 0.5) is 0 Å². The third-order valence-corrected chi connectivity index (χ3v) is 6.26. The molecule has 0 radical (unpaired) electrons. The topological polar surface area (TPSA) is 81.6 Å². The number of benzene rings is 2. The maximum Gasteiger partial charge on any atom is 0.251 e. The van der Waals surface area contributed by atoms with E-state index >= 15 is 0 Å². The van der Waals surface area contributed by atoms with Crippen LogP contribution in [0.25, 0.3) is 16.9 Å². The van der Waals surface area contributed by atoms with E-state index < -0.39 is 0 Å². The molecule has 1 amide bonds. The molecule has 0 fully saturated rings. The van der Waals surface area contributed by atoms with Crippen LogP contribution in [0.5, 0.6) is 5.75 Å². The molecule has 0 saturated carbocycles. The van der Waals surface area contributed by atoms with Crippen molar-refractivity contribution in [1.29, 1.82) is 0 Å². The molecule has 0 bridgehead atoms. The molecule has 176 valence electrons. The summed E-state index contributed by atoms with van der Waals surface area (Å²) in [7, 11) is 0. The SMILES string of the molecule is CC(C)Oc1ccc(C(=O)NC(CN)Cc2ccc(-c3cn4cccc(Br)c4n3)cc2)cc1Cl. The second-order valence-electron chi connectivity index (χ2n) is 8.33. The molecule has 34 heavy (non-hydrogen) atoms. The van der Waals surface area contributed by atoms with Crippen LogP contribution in [0, 0.1) is 0 Å². The number of aromatic nitrogens is 2. The molecule has 0 spiro atoms. The molecular weight excluding hydrogens is 516 g/mol. The molecule has 4 aromatic rings. The molecule has 1 atom stereocenters. The Hall–Kier alpha value is -2.87. The third-order valence-electron chi connectivity index (χ3n) is 5.34. The number of ether oxygens (including phenoxy) is 1. The molecule has 4 rings (SSSR count). The largest absolute Gasteiger partial charge is 0.489 e. The van der Waals surface area contributed by atoms with Crippen molar-refractivity contribution in [2.24, 2.45) is 5.73 Å². The number of amides is 1. The van der Waals surface area contributed by atoms with Gasteiger partial charge in [-0.25, -0.2) is 4.98 Å². The van der Waals surface area contributed by atoms with Crippen molar-refractivity contribution < 1.29 is 9.53 Å². The standard InChI is InChI=1S/C26H26BrClN4O2/c1-16(2)34-24-10-9-19(13-22(24)28)26(33)30-20(14-29)12-17-5-7-18(8-6-17)23-15-32-11-3-4-21(27)25(32)31-23/h3-11,13,15-16,20H,12,14,29H2,1-2H3,(H,30,33). The van der Waals surface area contributed by atoms with Gasteiger partial charge in [0.05, 0.1) is 21.3 Å². The number of nitrogens with one attached hydrogen (secondary N) is 1. The molecule has 8 heteroatoms. The number of hydrogen-bond donors (Lipinski definition) is 2. The Labute approximate surface area is 212 Å². The highest BCUT2D eigenvalue weighted by Crippen LogP contribution is 2.27. The summed E-state index contributed by atoms with van der Waals surface area (Å²) in [6.45, 7) is 4.16. The van der Waals surface area contributed by atoms with E-state index in [1.54, 1.807) is 18.2 Å². The van der Waals surface area contributed by atoms with Crippen molar-refractivity contribution in [3.05, 3.63) is 87.6 Å². The van der Waals surface area contributed by atoms with Gasteiger partial charge in [0, 0.05) is 36.1 Å². The van der Waals surface area contributed by atoms with Crippen molar-refractivity contribution in [3.63, 3.8) is 0 Å². The van der Waals surface area contributed by atoms with Gasteiger partial charge in [-0.3, -0.25) is 4.79 Å². The monoisotopic (exact) mass is 540 g/mol. The summed E-state index contributed by atoms with van der Waals surface area (Å²) < 4.78 is 8.57. The Kier molecular flexibility index (Phi) is 7.56. The number of rotatable bonds is 8. The predicted octanol–water partition coefficient (Wildman–Crippen LogP) is 5.50. The molecular formula is C26H26BrClN4O2. The molecule has 0 aliphatic carbocycles. The number of nitrogens with zero attached hydrogens (tertiary/aromatic N) is 2. The quantitative estimate of drug-likeness (QED) is 0.308. The summed E-state index contributed by atoms with van der Waals surface area (Å²) in [5.74, 6) is 0.335. The van der Waals surface area contributed by atoms with Crippen LogP contribution >= 0.6 is 27.5 Å². The van der Waals surface area contributed by atoms with Gasteiger partial charge in [-0.05, 0) is 72.1 Å². The fourth-order valence-electron chi connectivity index (χ4n) is 3.67. The molecule has 2 heterocycles. The van der Waals surface area contributed by atoms with E-state index in [9.17, 15) is 4.79 Å². The minimum Gasteiger partial charge on any atom is -0.489 e. The van der Waals surface area contributed by atoms with E-state index in [0.717, 1.165) is 26.9 Å². The second-order valence-corrected chi connectivity index (χ2v) is 9.59. The van der Waals surface area contributed by atoms with Crippen molar-refractivity contribution in [1.82, 2.24) is 14.7 Å². The Morgan fingerprint density at radius 2 is 1.97 bits per heavy atom. The zero-order valence-corrected chi connectivity index (χ0v) is 21.3. The fourth-order valence-corrected chi connectivity index (χ4v) is 4.34. The Bertz CT molecular complexity index is 1300. The average Bonchev–Trinajstić information content (AvgIpc) is 3.26. The number of halogens is 2. The fraction of sp³-hybridized carbons (Fsp3) is 0.231. The highest BCUT2D eigenvalue weighted by atomic mass is 79.9. The van der Waals surface area contributed by atoms with E-state index in [1.165, 1.54) is 0 Å². The predicted molar refractivity (Wildman–Crippen MR) is 140 cm³/mol. The van der Waals surface area contributed by atoms with Gasteiger partial charge < -0.3 is 20.2 Å². The summed E-state index contributed by atoms with van der Waals surface area (Å²) in [6, 6.07) is 16.9. The van der Waals surface area contributed by atoms with Crippen LogP contribution in [0.1, 0.15) is 29.8 Å². The lowest BCUT2D eigenvalue weighted by molar-refractivity contribution is 0.0938. The number of hydrogen-bond acceptors (Lipinski definition) is 4. The number of carbonyl (C=O) groups is 1. The molecule has 0 aliphatic heterocycles. The van der Waals surface area contributed by atoms with Crippen molar-refractivity contribution in [2.45, 2.75) is 32.4 Å². The minimum absolute atomic E-state index is 0.000218. The Morgan fingerprint density at radius 3 is 2.62 bits per heavy atom. The van der Waals surface area contributed by atoms with E-state index in [0.29, 0.717) is 29.3 Å². The average molecular weight is 542 g/mol. The summed E-state index contributed by atoms with van der Waals surface area (Å²) in [5.41, 5.74) is 10.3. The third kappa shape index (κ3) is 5.60.